The van der Waals surface area contributed by atoms with Crippen molar-refractivity contribution in [2.45, 2.75) is 206 Å². The SMILES string of the molecule is CC(C)(C)c1ccc(N2c3cc(N4c5ccc(-c6ccc(C#N)cc6)cc5C5(C)CCCCC45C)ccc3B3c4ccc(C(C)(C)C)cc4N(c4cccc(C(C)(C)C)c4)c4cc(N5c6ccc(C(C)(C)C)cc6C6(C)CCCCC56C)cc2c43)cc1. The normalized spacial score (nSPS) is 22.9. The molecule has 4 aliphatic heterocycles. The molecular weight excluding hydrogens is 1050 g/mol. The van der Waals surface area contributed by atoms with Crippen LogP contribution in [0.2, 0.25) is 0 Å². The van der Waals surface area contributed by atoms with Gasteiger partial charge in [-0.25, -0.2) is 0 Å². The number of hydrogen-bond donors (Lipinski definition) is 0. The van der Waals surface area contributed by atoms with Crippen molar-refractivity contribution in [3.05, 3.63) is 197 Å². The molecule has 6 aliphatic rings. The molecule has 0 N–H and O–H groups in total. The summed E-state index contributed by atoms with van der Waals surface area (Å²) in [6.45, 7) is 38.5. The van der Waals surface area contributed by atoms with Gasteiger partial charge in [0.05, 0.1) is 22.7 Å². The van der Waals surface area contributed by atoms with Gasteiger partial charge in [-0.15, -0.1) is 0 Å². The highest BCUT2D eigenvalue weighted by atomic mass is 15.3. The van der Waals surface area contributed by atoms with Crippen LogP contribution in [0.25, 0.3) is 11.1 Å². The van der Waals surface area contributed by atoms with Crippen LogP contribution in [0.3, 0.4) is 0 Å². The van der Waals surface area contributed by atoms with Gasteiger partial charge in [-0.2, -0.15) is 5.26 Å². The van der Waals surface area contributed by atoms with E-state index in [1.807, 2.05) is 12.1 Å². The second-order valence-corrected chi connectivity index (χ2v) is 32.1. The first kappa shape index (κ1) is 57.3. The number of hydrogen-bond acceptors (Lipinski definition) is 5. The summed E-state index contributed by atoms with van der Waals surface area (Å²) in [5.41, 5.74) is 27.2. The molecule has 0 saturated heterocycles. The first-order valence-corrected chi connectivity index (χ1v) is 32.8. The van der Waals surface area contributed by atoms with Crippen molar-refractivity contribution in [2.24, 2.45) is 0 Å². The highest BCUT2D eigenvalue weighted by molar-refractivity contribution is 7.00. The van der Waals surface area contributed by atoms with Crippen LogP contribution in [0, 0.1) is 11.3 Å². The van der Waals surface area contributed by atoms with Crippen molar-refractivity contribution in [1.82, 2.24) is 0 Å². The maximum atomic E-state index is 9.72. The molecule has 2 fully saturated rings. The van der Waals surface area contributed by atoms with Gasteiger partial charge in [0.25, 0.3) is 6.71 Å². The Kier molecular flexibility index (Phi) is 12.7. The summed E-state index contributed by atoms with van der Waals surface area (Å²) in [6.07, 6.45) is 9.32. The summed E-state index contributed by atoms with van der Waals surface area (Å²) in [5, 5.41) is 9.72. The Labute approximate surface area is 521 Å². The highest BCUT2D eigenvalue weighted by Gasteiger charge is 2.60. The van der Waals surface area contributed by atoms with E-state index in [1.54, 1.807) is 0 Å². The van der Waals surface area contributed by atoms with Crippen LogP contribution in [-0.2, 0) is 32.5 Å². The monoisotopic (exact) mass is 1140 g/mol. The molecule has 442 valence electrons. The molecule has 6 heteroatoms. The van der Waals surface area contributed by atoms with Crippen LogP contribution in [0.15, 0.2) is 158 Å². The second kappa shape index (κ2) is 19.3. The largest absolute Gasteiger partial charge is 0.334 e. The lowest BCUT2D eigenvalue weighted by Crippen LogP contribution is -2.61. The summed E-state index contributed by atoms with van der Waals surface area (Å²) in [6, 6.07) is 64.7. The first-order chi connectivity index (χ1) is 41.1. The minimum atomic E-state index is -0.183. The Morgan fingerprint density at radius 1 is 0.379 bits per heavy atom. The van der Waals surface area contributed by atoms with E-state index >= 15 is 0 Å². The van der Waals surface area contributed by atoms with Crippen molar-refractivity contribution >= 4 is 80.0 Å². The van der Waals surface area contributed by atoms with Crippen LogP contribution in [0.5, 0.6) is 0 Å². The molecular formula is C81H90BN5. The summed E-state index contributed by atoms with van der Waals surface area (Å²) < 4.78 is 0. The molecule has 2 saturated carbocycles. The predicted molar refractivity (Wildman–Crippen MR) is 371 cm³/mol. The lowest BCUT2D eigenvalue weighted by Gasteiger charge is -2.51. The van der Waals surface area contributed by atoms with Gasteiger partial charge in [-0.05, 0) is 207 Å². The molecule has 4 heterocycles. The Balaban J connectivity index is 1.07. The average molecular weight is 1140 g/mol. The van der Waals surface area contributed by atoms with Gasteiger partial charge in [0, 0.05) is 67.7 Å². The van der Waals surface area contributed by atoms with E-state index in [0.717, 1.165) is 31.2 Å². The molecule has 2 aliphatic carbocycles. The molecule has 8 aromatic rings. The van der Waals surface area contributed by atoms with E-state index in [2.05, 4.69) is 282 Å². The van der Waals surface area contributed by atoms with Crippen molar-refractivity contribution < 1.29 is 0 Å². The van der Waals surface area contributed by atoms with Gasteiger partial charge >= 0.3 is 0 Å². The van der Waals surface area contributed by atoms with E-state index in [0.29, 0.717) is 5.56 Å². The Morgan fingerprint density at radius 3 is 1.41 bits per heavy atom. The van der Waals surface area contributed by atoms with Crippen LogP contribution >= 0.6 is 0 Å². The van der Waals surface area contributed by atoms with Crippen molar-refractivity contribution in [3.8, 4) is 17.2 Å². The third-order valence-corrected chi connectivity index (χ3v) is 22.8. The average Bonchev–Trinajstić information content (AvgIpc) is 1.70. The maximum Gasteiger partial charge on any atom is 0.252 e. The minimum Gasteiger partial charge on any atom is -0.334 e. The summed E-state index contributed by atoms with van der Waals surface area (Å²) in [5.74, 6) is 0. The Morgan fingerprint density at radius 2 is 0.828 bits per heavy atom. The van der Waals surface area contributed by atoms with Crippen LogP contribution in [-0.4, -0.2) is 17.8 Å². The minimum absolute atomic E-state index is 0.0172. The molecule has 0 radical (unpaired) electrons. The van der Waals surface area contributed by atoms with Gasteiger partial charge in [-0.1, -0.05) is 195 Å². The number of rotatable bonds is 5. The number of anilines is 10. The third-order valence-electron chi connectivity index (χ3n) is 22.8. The zero-order valence-corrected chi connectivity index (χ0v) is 55.0. The molecule has 4 atom stereocenters. The predicted octanol–water partition coefficient (Wildman–Crippen LogP) is 20.0. The third kappa shape index (κ3) is 8.50. The van der Waals surface area contributed by atoms with Gasteiger partial charge < -0.3 is 19.6 Å². The van der Waals surface area contributed by atoms with Gasteiger partial charge in [0.15, 0.2) is 0 Å². The lowest BCUT2D eigenvalue weighted by molar-refractivity contribution is 0.195. The highest BCUT2D eigenvalue weighted by Crippen LogP contribution is 2.64. The summed E-state index contributed by atoms with van der Waals surface area (Å²) >= 11 is 0. The molecule has 0 spiro atoms. The number of nitriles is 1. The topological polar surface area (TPSA) is 36.8 Å². The van der Waals surface area contributed by atoms with Crippen LogP contribution < -0.4 is 36.0 Å². The van der Waals surface area contributed by atoms with E-state index < -0.39 is 0 Å². The van der Waals surface area contributed by atoms with Crippen molar-refractivity contribution in [2.75, 3.05) is 19.6 Å². The maximum absolute atomic E-state index is 9.72. The zero-order valence-electron chi connectivity index (χ0n) is 55.0. The van der Waals surface area contributed by atoms with E-state index in [4.69, 9.17) is 0 Å². The van der Waals surface area contributed by atoms with Gasteiger partial charge in [-0.3, -0.25) is 0 Å². The van der Waals surface area contributed by atoms with Crippen molar-refractivity contribution in [1.29, 1.82) is 5.26 Å². The first-order valence-electron chi connectivity index (χ1n) is 32.8. The Hall–Kier alpha value is -7.49. The van der Waals surface area contributed by atoms with E-state index in [1.165, 1.54) is 138 Å². The standard InChI is InChI=1S/C81H90BN5/c1-74(2,3)55-29-33-59(34-30-55)84-70-48-61(86-67-38-28-54(53-26-24-52(51-83)25-27-53)44-63(67)78(13)40-17-19-42-80(78,86)15)35-37-66(70)82-65-36-31-58(77(10,11)12)47-69(65)85(60-23-21-22-56(45-60)75(4,5)6)72-50-62(49-71(84)73(72)82)87-68-39-32-57(76(7,8)9)46-64(68)79(14)41-18-20-43-81(79,87)16/h21-39,44-50H,17-20,40-43H2,1-16H3. The van der Waals surface area contributed by atoms with Crippen molar-refractivity contribution in [3.63, 3.8) is 0 Å². The fraction of sp³-hybridized carbons (Fsp3) is 0.395. The fourth-order valence-corrected chi connectivity index (χ4v) is 17.1. The van der Waals surface area contributed by atoms with E-state index in [-0.39, 0.29) is 50.3 Å². The number of fused-ring (bicyclic) bond motifs is 10. The smallest absolute Gasteiger partial charge is 0.252 e. The molecule has 14 rings (SSSR count). The Bertz CT molecular complexity index is 4160. The quantitative estimate of drug-likeness (QED) is 0.161. The van der Waals surface area contributed by atoms with Gasteiger partial charge in [0.2, 0.25) is 0 Å². The zero-order chi connectivity index (χ0) is 61.3. The number of nitrogens with zero attached hydrogens (tertiary/aromatic N) is 5. The summed E-state index contributed by atoms with van der Waals surface area (Å²) in [7, 11) is 0. The molecule has 87 heavy (non-hydrogen) atoms. The molecule has 0 amide bonds. The van der Waals surface area contributed by atoms with Crippen LogP contribution in [0.4, 0.5) is 56.9 Å². The second-order valence-electron chi connectivity index (χ2n) is 32.1. The van der Waals surface area contributed by atoms with Crippen LogP contribution in [0.1, 0.15) is 201 Å². The lowest BCUT2D eigenvalue weighted by atomic mass is 9.33. The molecule has 4 unspecified atom stereocenters. The molecule has 8 aromatic carbocycles. The molecule has 5 nitrogen and oxygen atoms in total. The summed E-state index contributed by atoms with van der Waals surface area (Å²) in [4.78, 5) is 11.0. The molecule has 0 bridgehead atoms. The van der Waals surface area contributed by atoms with Gasteiger partial charge in [0.1, 0.15) is 0 Å². The number of benzene rings is 8. The molecule has 0 aromatic heterocycles. The van der Waals surface area contributed by atoms with E-state index in [9.17, 15) is 5.26 Å². The fourth-order valence-electron chi connectivity index (χ4n) is 17.1.